The first-order valence-electron chi connectivity index (χ1n) is 8.16. The van der Waals surface area contributed by atoms with Crippen LogP contribution in [-0.2, 0) is 9.53 Å². The van der Waals surface area contributed by atoms with Crippen LogP contribution in [0.2, 0.25) is 5.02 Å². The first kappa shape index (κ1) is 18.5. The van der Waals surface area contributed by atoms with Gasteiger partial charge in [0.05, 0.1) is 0 Å². The van der Waals surface area contributed by atoms with E-state index in [-0.39, 0.29) is 5.56 Å². The van der Waals surface area contributed by atoms with E-state index in [1.54, 1.807) is 60.7 Å². The lowest BCUT2D eigenvalue weighted by Gasteiger charge is -2.11. The van der Waals surface area contributed by atoms with Gasteiger partial charge in [0, 0.05) is 10.7 Å². The van der Waals surface area contributed by atoms with Crippen molar-refractivity contribution < 1.29 is 19.1 Å². The second kappa shape index (κ2) is 8.87. The van der Waals surface area contributed by atoms with Gasteiger partial charge in [-0.1, -0.05) is 48.0 Å². The van der Waals surface area contributed by atoms with E-state index in [1.807, 2.05) is 18.2 Å². The minimum atomic E-state index is -0.650. The van der Waals surface area contributed by atoms with Gasteiger partial charge in [0.2, 0.25) is 0 Å². The Hall–Kier alpha value is -3.31. The van der Waals surface area contributed by atoms with Crippen LogP contribution in [0.25, 0.3) is 0 Å². The number of para-hydroxylation sites is 2. The molecule has 3 rings (SSSR count). The van der Waals surface area contributed by atoms with Crippen LogP contribution >= 0.6 is 11.6 Å². The summed E-state index contributed by atoms with van der Waals surface area (Å²) in [5.41, 5.74) is 0.758. The van der Waals surface area contributed by atoms with Crippen LogP contribution < -0.4 is 10.1 Å². The Kier molecular flexibility index (Phi) is 6.07. The lowest BCUT2D eigenvalue weighted by molar-refractivity contribution is -0.119. The highest BCUT2D eigenvalue weighted by Crippen LogP contribution is 2.25. The van der Waals surface area contributed by atoms with Crippen molar-refractivity contribution in [3.8, 4) is 11.5 Å². The molecule has 0 unspecified atom stereocenters. The molecule has 0 heterocycles. The number of carbonyl (C=O) groups excluding carboxylic acids is 2. The summed E-state index contributed by atoms with van der Waals surface area (Å²) in [5, 5.41) is 3.11. The summed E-state index contributed by atoms with van der Waals surface area (Å²) >= 11 is 5.87. The summed E-state index contributed by atoms with van der Waals surface area (Å²) in [5.74, 6) is -0.171. The molecule has 0 aliphatic rings. The molecule has 0 spiro atoms. The molecule has 0 aliphatic carbocycles. The molecule has 136 valence electrons. The zero-order valence-corrected chi connectivity index (χ0v) is 15.0. The maximum Gasteiger partial charge on any atom is 0.342 e. The predicted molar refractivity (Wildman–Crippen MR) is 103 cm³/mol. The van der Waals surface area contributed by atoms with E-state index in [0.29, 0.717) is 22.2 Å². The number of hydrogen-bond acceptors (Lipinski definition) is 4. The van der Waals surface area contributed by atoms with E-state index in [0.717, 1.165) is 0 Å². The van der Waals surface area contributed by atoms with Gasteiger partial charge in [0.25, 0.3) is 5.91 Å². The predicted octanol–water partition coefficient (Wildman–Crippen LogP) is 4.93. The van der Waals surface area contributed by atoms with E-state index in [1.165, 1.54) is 0 Å². The number of benzene rings is 3. The zero-order valence-electron chi connectivity index (χ0n) is 14.2. The minimum absolute atomic E-state index is 0.233. The van der Waals surface area contributed by atoms with E-state index in [2.05, 4.69) is 5.32 Å². The van der Waals surface area contributed by atoms with Crippen molar-refractivity contribution in [1.29, 1.82) is 0 Å². The van der Waals surface area contributed by atoms with Crippen LogP contribution in [0, 0.1) is 0 Å². The van der Waals surface area contributed by atoms with Crippen molar-refractivity contribution in [3.05, 3.63) is 89.4 Å². The van der Waals surface area contributed by atoms with Gasteiger partial charge in [-0.3, -0.25) is 4.79 Å². The fraction of sp³-hybridized carbons (Fsp3) is 0.0476. The van der Waals surface area contributed by atoms with Crippen LogP contribution in [0.5, 0.6) is 11.5 Å². The molecule has 3 aromatic rings. The fourth-order valence-electron chi connectivity index (χ4n) is 2.31. The summed E-state index contributed by atoms with van der Waals surface area (Å²) in [6.45, 7) is -0.426. The Morgan fingerprint density at radius 3 is 2.41 bits per heavy atom. The van der Waals surface area contributed by atoms with Crippen LogP contribution in [0.4, 0.5) is 5.69 Å². The van der Waals surface area contributed by atoms with Gasteiger partial charge in [-0.2, -0.15) is 0 Å². The summed E-state index contributed by atoms with van der Waals surface area (Å²) in [6.07, 6.45) is 0. The fourth-order valence-corrected chi connectivity index (χ4v) is 2.50. The van der Waals surface area contributed by atoms with E-state index >= 15 is 0 Å². The molecule has 0 saturated carbocycles. The van der Waals surface area contributed by atoms with Crippen molar-refractivity contribution in [2.24, 2.45) is 0 Å². The molecule has 0 saturated heterocycles. The molecule has 1 amide bonds. The average molecular weight is 382 g/mol. The Balaban J connectivity index is 1.62. The van der Waals surface area contributed by atoms with Crippen molar-refractivity contribution in [1.82, 2.24) is 0 Å². The van der Waals surface area contributed by atoms with Gasteiger partial charge in [-0.25, -0.2) is 4.79 Å². The smallest absolute Gasteiger partial charge is 0.342 e. The van der Waals surface area contributed by atoms with Gasteiger partial charge < -0.3 is 14.8 Å². The van der Waals surface area contributed by atoms with Gasteiger partial charge in [0.15, 0.2) is 6.61 Å². The minimum Gasteiger partial charge on any atom is -0.456 e. The molecule has 6 heteroatoms. The van der Waals surface area contributed by atoms with E-state index in [4.69, 9.17) is 21.1 Å². The summed E-state index contributed by atoms with van der Waals surface area (Å²) in [7, 11) is 0. The number of ether oxygens (including phenoxy) is 2. The second-order valence-corrected chi connectivity index (χ2v) is 5.98. The average Bonchev–Trinajstić information content (AvgIpc) is 2.67. The number of carbonyl (C=O) groups is 2. The Morgan fingerprint density at radius 2 is 1.63 bits per heavy atom. The number of anilines is 1. The Labute approximate surface area is 161 Å². The maximum atomic E-state index is 12.4. The summed E-state index contributed by atoms with van der Waals surface area (Å²) in [4.78, 5) is 24.3. The summed E-state index contributed by atoms with van der Waals surface area (Å²) < 4.78 is 10.8. The van der Waals surface area contributed by atoms with E-state index < -0.39 is 18.5 Å². The van der Waals surface area contributed by atoms with Gasteiger partial charge in [-0.05, 0) is 42.5 Å². The zero-order chi connectivity index (χ0) is 19.1. The molecule has 5 nitrogen and oxygen atoms in total. The van der Waals surface area contributed by atoms with Crippen LogP contribution in [-0.4, -0.2) is 18.5 Å². The molecule has 0 aliphatic heterocycles. The monoisotopic (exact) mass is 381 g/mol. The van der Waals surface area contributed by atoms with Crippen LogP contribution in [0.3, 0.4) is 0 Å². The number of halogens is 1. The van der Waals surface area contributed by atoms with Crippen molar-refractivity contribution >= 4 is 29.2 Å². The third-order valence-corrected chi connectivity index (χ3v) is 3.76. The largest absolute Gasteiger partial charge is 0.456 e. The SMILES string of the molecule is O=C(COC(=O)c1ccccc1Oc1ccccc1)Nc1cccc(Cl)c1. The second-order valence-electron chi connectivity index (χ2n) is 5.55. The molecule has 0 radical (unpaired) electrons. The molecule has 27 heavy (non-hydrogen) atoms. The highest BCUT2D eigenvalue weighted by Gasteiger charge is 2.16. The van der Waals surface area contributed by atoms with Gasteiger partial charge in [0.1, 0.15) is 17.1 Å². The van der Waals surface area contributed by atoms with E-state index in [9.17, 15) is 9.59 Å². The number of esters is 1. The molecule has 0 bridgehead atoms. The topological polar surface area (TPSA) is 64.6 Å². The maximum absolute atomic E-state index is 12.4. The number of rotatable bonds is 6. The number of nitrogens with one attached hydrogen (secondary N) is 1. The molecule has 1 N–H and O–H groups in total. The molecule has 0 aromatic heterocycles. The Bertz CT molecular complexity index is 944. The van der Waals surface area contributed by atoms with Crippen molar-refractivity contribution in [2.45, 2.75) is 0 Å². The quantitative estimate of drug-likeness (QED) is 0.615. The first-order chi connectivity index (χ1) is 13.1. The standard InChI is InChI=1S/C21H16ClNO4/c22-15-7-6-8-16(13-15)23-20(24)14-26-21(25)18-11-4-5-12-19(18)27-17-9-2-1-3-10-17/h1-13H,14H2,(H,23,24). The molecule has 0 fully saturated rings. The first-order valence-corrected chi connectivity index (χ1v) is 8.54. The normalized spacial score (nSPS) is 10.1. The third kappa shape index (κ3) is 5.33. The number of amides is 1. The van der Waals surface area contributed by atoms with Crippen molar-refractivity contribution in [3.63, 3.8) is 0 Å². The van der Waals surface area contributed by atoms with Crippen LogP contribution in [0.1, 0.15) is 10.4 Å². The highest BCUT2D eigenvalue weighted by atomic mass is 35.5. The number of hydrogen-bond donors (Lipinski definition) is 1. The lowest BCUT2D eigenvalue weighted by atomic mass is 10.2. The van der Waals surface area contributed by atoms with Gasteiger partial charge >= 0.3 is 5.97 Å². The highest BCUT2D eigenvalue weighted by molar-refractivity contribution is 6.30. The van der Waals surface area contributed by atoms with Crippen LogP contribution in [0.15, 0.2) is 78.9 Å². The molecular weight excluding hydrogens is 366 g/mol. The van der Waals surface area contributed by atoms with Crippen molar-refractivity contribution in [2.75, 3.05) is 11.9 Å². The molecule has 0 atom stereocenters. The lowest BCUT2D eigenvalue weighted by Crippen LogP contribution is -2.21. The van der Waals surface area contributed by atoms with Gasteiger partial charge in [-0.15, -0.1) is 0 Å². The molecule has 3 aromatic carbocycles. The summed E-state index contributed by atoms with van der Waals surface area (Å²) in [6, 6.07) is 22.5. The molecular formula is C21H16ClNO4. The Morgan fingerprint density at radius 1 is 0.889 bits per heavy atom. The third-order valence-electron chi connectivity index (χ3n) is 3.52.